The average molecular weight is 282 g/mol. The Balaban J connectivity index is 2.11. The van der Waals surface area contributed by atoms with Crippen molar-refractivity contribution in [3.63, 3.8) is 0 Å². The summed E-state index contributed by atoms with van der Waals surface area (Å²) >= 11 is 0. The molecule has 0 aliphatic carbocycles. The first-order valence-electron chi connectivity index (χ1n) is 7.95. The second-order valence-corrected chi connectivity index (χ2v) is 5.30. The Morgan fingerprint density at radius 1 is 0.810 bits per heavy atom. The van der Waals surface area contributed by atoms with E-state index in [0.717, 1.165) is 31.5 Å². The van der Waals surface area contributed by atoms with E-state index in [1.165, 1.54) is 22.3 Å². The van der Waals surface area contributed by atoms with Gasteiger partial charge in [-0.2, -0.15) is 0 Å². The lowest BCUT2D eigenvalue weighted by molar-refractivity contribution is 0.777. The molecule has 2 rings (SSSR count). The maximum absolute atomic E-state index is 3.35. The molecule has 2 nitrogen and oxygen atoms in total. The van der Waals surface area contributed by atoms with E-state index in [1.54, 1.807) is 0 Å². The van der Waals surface area contributed by atoms with Gasteiger partial charge in [-0.25, -0.2) is 5.43 Å². The topological polar surface area (TPSA) is 24.1 Å². The molecule has 2 aromatic carbocycles. The van der Waals surface area contributed by atoms with Crippen LogP contribution in [0.3, 0.4) is 0 Å². The van der Waals surface area contributed by atoms with Gasteiger partial charge in [0.25, 0.3) is 0 Å². The summed E-state index contributed by atoms with van der Waals surface area (Å²) in [5.41, 5.74) is 13.6. The van der Waals surface area contributed by atoms with Gasteiger partial charge in [0, 0.05) is 12.2 Å². The third-order valence-electron chi connectivity index (χ3n) is 3.94. The van der Waals surface area contributed by atoms with Crippen molar-refractivity contribution in [2.75, 3.05) is 5.43 Å². The molecule has 112 valence electrons. The van der Waals surface area contributed by atoms with Crippen LogP contribution < -0.4 is 10.9 Å². The number of nitrogens with one attached hydrogen (secondary N) is 2. The zero-order chi connectivity index (χ0) is 15.1. The number of para-hydroxylation sites is 1. The lowest BCUT2D eigenvalue weighted by Crippen LogP contribution is -2.22. The van der Waals surface area contributed by atoms with Crippen LogP contribution in [0.4, 0.5) is 5.69 Å². The van der Waals surface area contributed by atoms with Crippen molar-refractivity contribution in [1.82, 2.24) is 5.43 Å². The minimum atomic E-state index is 0.852. The highest BCUT2D eigenvalue weighted by molar-refractivity contribution is 5.43. The number of hydrazine groups is 1. The van der Waals surface area contributed by atoms with Crippen molar-refractivity contribution in [3.05, 3.63) is 64.7 Å². The van der Waals surface area contributed by atoms with Gasteiger partial charge in [0.2, 0.25) is 0 Å². The first-order valence-corrected chi connectivity index (χ1v) is 7.95. The molecule has 2 aromatic rings. The summed E-state index contributed by atoms with van der Waals surface area (Å²) in [5.74, 6) is 0. The molecule has 0 aliphatic rings. The van der Waals surface area contributed by atoms with Gasteiger partial charge in [-0.05, 0) is 53.6 Å². The summed E-state index contributed by atoms with van der Waals surface area (Å²) in [4.78, 5) is 0. The van der Waals surface area contributed by atoms with Crippen LogP contribution in [0.2, 0.25) is 0 Å². The fourth-order valence-electron chi connectivity index (χ4n) is 2.69. The normalized spacial score (nSPS) is 10.6. The van der Waals surface area contributed by atoms with E-state index in [2.05, 4.69) is 55.9 Å². The first-order chi connectivity index (χ1) is 10.3. The monoisotopic (exact) mass is 282 g/mol. The van der Waals surface area contributed by atoms with E-state index in [-0.39, 0.29) is 0 Å². The zero-order valence-electron chi connectivity index (χ0n) is 13.4. The Morgan fingerprint density at radius 2 is 1.43 bits per heavy atom. The molecule has 0 fully saturated rings. The fraction of sp³-hybridized carbons (Fsp3) is 0.368. The predicted octanol–water partition coefficient (Wildman–Crippen LogP) is 4.49. The highest BCUT2D eigenvalue weighted by atomic mass is 15.3. The summed E-state index contributed by atoms with van der Waals surface area (Å²) in [6.07, 6.45) is 3.28. The van der Waals surface area contributed by atoms with Gasteiger partial charge in [0.05, 0.1) is 0 Å². The molecule has 21 heavy (non-hydrogen) atoms. The molecule has 0 saturated carbocycles. The number of hydrogen-bond acceptors (Lipinski definition) is 2. The number of rotatable bonds is 7. The average Bonchev–Trinajstić information content (AvgIpc) is 2.55. The lowest BCUT2D eigenvalue weighted by Gasteiger charge is -2.17. The van der Waals surface area contributed by atoms with Gasteiger partial charge >= 0.3 is 0 Å². The predicted molar refractivity (Wildman–Crippen MR) is 91.5 cm³/mol. The minimum absolute atomic E-state index is 0.852. The summed E-state index contributed by atoms with van der Waals surface area (Å²) in [7, 11) is 0. The molecule has 0 bridgehead atoms. The quantitative estimate of drug-likeness (QED) is 0.731. The third-order valence-corrected chi connectivity index (χ3v) is 3.94. The molecule has 0 unspecified atom stereocenters. The van der Waals surface area contributed by atoms with E-state index < -0.39 is 0 Å². The van der Waals surface area contributed by atoms with Crippen molar-refractivity contribution in [1.29, 1.82) is 0 Å². The van der Waals surface area contributed by atoms with Crippen molar-refractivity contribution in [3.8, 4) is 0 Å². The number of anilines is 1. The molecule has 0 spiro atoms. The van der Waals surface area contributed by atoms with Crippen LogP contribution in [-0.4, -0.2) is 0 Å². The highest BCUT2D eigenvalue weighted by Gasteiger charge is 2.08. The third kappa shape index (κ3) is 4.08. The van der Waals surface area contributed by atoms with E-state index in [9.17, 15) is 0 Å². The molecule has 0 radical (unpaired) electrons. The molecule has 2 heteroatoms. The molecular weight excluding hydrogens is 256 g/mol. The van der Waals surface area contributed by atoms with Gasteiger partial charge in [-0.1, -0.05) is 51.1 Å². The molecular formula is C19H26N2. The Kier molecular flexibility index (Phi) is 5.82. The Bertz CT molecular complexity index is 536. The van der Waals surface area contributed by atoms with Crippen LogP contribution in [0.15, 0.2) is 42.5 Å². The Morgan fingerprint density at radius 3 is 1.95 bits per heavy atom. The van der Waals surface area contributed by atoms with Crippen LogP contribution in [0.5, 0.6) is 0 Å². The molecule has 0 heterocycles. The van der Waals surface area contributed by atoms with Gasteiger partial charge in [-0.15, -0.1) is 0 Å². The van der Waals surface area contributed by atoms with Crippen molar-refractivity contribution >= 4 is 5.69 Å². The Labute approximate surface area is 128 Å². The molecule has 0 atom stereocenters. The largest absolute Gasteiger partial charge is 0.321 e. The van der Waals surface area contributed by atoms with Crippen molar-refractivity contribution in [2.24, 2.45) is 0 Å². The highest BCUT2D eigenvalue weighted by Crippen LogP contribution is 2.20. The first kappa shape index (κ1) is 15.6. The smallest absolute Gasteiger partial charge is 0.0487 e. The van der Waals surface area contributed by atoms with Gasteiger partial charge < -0.3 is 5.43 Å². The van der Waals surface area contributed by atoms with Crippen LogP contribution in [0.1, 0.15) is 43.0 Å². The standard InChI is InChI=1S/C19H26N2/c1-4-15-12-16(5-2)19(17(6-3)13-15)14-20-21-18-10-8-7-9-11-18/h7-13,20-21H,4-6,14H2,1-3H3. The van der Waals surface area contributed by atoms with E-state index in [1.807, 2.05) is 18.2 Å². The summed E-state index contributed by atoms with van der Waals surface area (Å²) < 4.78 is 0. The second-order valence-electron chi connectivity index (χ2n) is 5.30. The van der Waals surface area contributed by atoms with Crippen LogP contribution in [0.25, 0.3) is 0 Å². The molecule has 0 amide bonds. The molecule has 0 saturated heterocycles. The Hall–Kier alpha value is -1.80. The van der Waals surface area contributed by atoms with Crippen LogP contribution in [-0.2, 0) is 25.8 Å². The summed E-state index contributed by atoms with van der Waals surface area (Å²) in [6.45, 7) is 7.55. The molecule has 2 N–H and O–H groups in total. The van der Waals surface area contributed by atoms with Gasteiger partial charge in [0.15, 0.2) is 0 Å². The second kappa shape index (κ2) is 7.84. The van der Waals surface area contributed by atoms with E-state index in [4.69, 9.17) is 0 Å². The maximum Gasteiger partial charge on any atom is 0.0487 e. The lowest BCUT2D eigenvalue weighted by atomic mass is 9.94. The van der Waals surface area contributed by atoms with Crippen LogP contribution >= 0.6 is 0 Å². The number of aryl methyl sites for hydroxylation is 3. The SMILES string of the molecule is CCc1cc(CC)c(CNNc2ccccc2)c(CC)c1. The molecule has 0 aromatic heterocycles. The fourth-order valence-corrected chi connectivity index (χ4v) is 2.69. The number of hydrogen-bond donors (Lipinski definition) is 2. The zero-order valence-corrected chi connectivity index (χ0v) is 13.4. The van der Waals surface area contributed by atoms with E-state index >= 15 is 0 Å². The van der Waals surface area contributed by atoms with Crippen molar-refractivity contribution < 1.29 is 0 Å². The molecule has 0 aliphatic heterocycles. The van der Waals surface area contributed by atoms with Gasteiger partial charge in [-0.3, -0.25) is 0 Å². The van der Waals surface area contributed by atoms with Crippen LogP contribution in [0, 0.1) is 0 Å². The van der Waals surface area contributed by atoms with E-state index in [0.29, 0.717) is 0 Å². The summed E-state index contributed by atoms with van der Waals surface area (Å²) in [5, 5.41) is 0. The van der Waals surface area contributed by atoms with Gasteiger partial charge in [0.1, 0.15) is 0 Å². The minimum Gasteiger partial charge on any atom is -0.321 e. The number of benzene rings is 2. The van der Waals surface area contributed by atoms with Crippen molar-refractivity contribution in [2.45, 2.75) is 46.6 Å². The summed E-state index contributed by atoms with van der Waals surface area (Å²) in [6, 6.07) is 14.9. The maximum atomic E-state index is 3.35.